The molecule has 3 rings (SSSR count). The van der Waals surface area contributed by atoms with Gasteiger partial charge in [0.25, 0.3) is 5.91 Å². The molecule has 1 fully saturated rings. The second-order valence-corrected chi connectivity index (χ2v) is 8.82. The molecule has 0 aliphatic carbocycles. The van der Waals surface area contributed by atoms with Gasteiger partial charge in [0.15, 0.2) is 0 Å². The van der Waals surface area contributed by atoms with Crippen LogP contribution >= 0.6 is 11.6 Å². The summed E-state index contributed by atoms with van der Waals surface area (Å²) in [5.74, 6) is 2.15. The van der Waals surface area contributed by atoms with Gasteiger partial charge in [-0.05, 0) is 75.1 Å². The average molecular weight is 461 g/mol. The molecule has 1 aromatic heterocycles. The van der Waals surface area contributed by atoms with Crippen LogP contribution in [0.15, 0.2) is 24.5 Å². The number of aryl methyl sites for hydroxylation is 2. The van der Waals surface area contributed by atoms with E-state index in [1.807, 2.05) is 26.0 Å². The number of nitrogens with one attached hydrogen (secondary N) is 1. The van der Waals surface area contributed by atoms with E-state index in [1.165, 1.54) is 0 Å². The Labute approximate surface area is 195 Å². The lowest BCUT2D eigenvalue weighted by Gasteiger charge is -2.32. The van der Waals surface area contributed by atoms with E-state index in [0.29, 0.717) is 36.1 Å². The SMILES string of the molecule is Cc1cc(OCCCC2CCN(c3ncc(Cl)cn3)CC2)cc(C)c1C(=O)NCCCO. The number of ether oxygens (including phenoxy) is 1. The lowest BCUT2D eigenvalue weighted by molar-refractivity contribution is 0.0950. The molecule has 0 atom stereocenters. The van der Waals surface area contributed by atoms with Gasteiger partial charge < -0.3 is 20.1 Å². The number of amides is 1. The molecule has 0 radical (unpaired) electrons. The van der Waals surface area contributed by atoms with Crippen molar-refractivity contribution in [1.29, 1.82) is 0 Å². The highest BCUT2D eigenvalue weighted by atomic mass is 35.5. The third kappa shape index (κ3) is 6.81. The van der Waals surface area contributed by atoms with Crippen LogP contribution in [0.25, 0.3) is 0 Å². The first-order valence-electron chi connectivity index (χ1n) is 11.3. The van der Waals surface area contributed by atoms with Gasteiger partial charge >= 0.3 is 0 Å². The summed E-state index contributed by atoms with van der Waals surface area (Å²) in [6, 6.07) is 3.86. The summed E-state index contributed by atoms with van der Waals surface area (Å²) in [4.78, 5) is 23.2. The van der Waals surface area contributed by atoms with Gasteiger partial charge in [-0.15, -0.1) is 0 Å². The standard InChI is InChI=1S/C24H33ClN4O3/c1-17-13-21(14-18(2)22(17)23(31)26-8-4-11-30)32-12-3-5-19-6-9-29(10-7-19)24-27-15-20(25)16-28-24/h13-16,19,30H,3-12H2,1-2H3,(H,26,31). The number of aromatic nitrogens is 2. The molecular formula is C24H33ClN4O3. The van der Waals surface area contributed by atoms with Crippen molar-refractivity contribution in [2.45, 2.75) is 46.0 Å². The Kier molecular flexibility index (Phi) is 9.11. The number of halogens is 1. The normalized spacial score (nSPS) is 14.4. The Balaban J connectivity index is 1.40. The maximum atomic E-state index is 12.4. The molecule has 8 heteroatoms. The summed E-state index contributed by atoms with van der Waals surface area (Å²) >= 11 is 5.87. The predicted octanol–water partition coefficient (Wildman–Crippen LogP) is 3.93. The van der Waals surface area contributed by atoms with E-state index >= 15 is 0 Å². The lowest BCUT2D eigenvalue weighted by Crippen LogP contribution is -2.34. The zero-order valence-corrected chi connectivity index (χ0v) is 19.7. The van der Waals surface area contributed by atoms with Crippen LogP contribution in [0.4, 0.5) is 5.95 Å². The molecule has 0 saturated carbocycles. The number of carbonyl (C=O) groups is 1. The fourth-order valence-corrected chi connectivity index (χ4v) is 4.28. The summed E-state index contributed by atoms with van der Waals surface area (Å²) in [7, 11) is 0. The molecule has 2 N–H and O–H groups in total. The van der Waals surface area contributed by atoms with Gasteiger partial charge in [0.2, 0.25) is 5.95 Å². The Morgan fingerprint density at radius 1 is 1.19 bits per heavy atom. The molecule has 7 nitrogen and oxygen atoms in total. The second kappa shape index (κ2) is 12.0. The van der Waals surface area contributed by atoms with Crippen LogP contribution in [0.3, 0.4) is 0 Å². The third-order valence-electron chi connectivity index (χ3n) is 5.88. The van der Waals surface area contributed by atoms with Crippen LogP contribution in [0.1, 0.15) is 53.6 Å². The summed E-state index contributed by atoms with van der Waals surface area (Å²) < 4.78 is 5.99. The fourth-order valence-electron chi connectivity index (χ4n) is 4.19. The molecule has 0 unspecified atom stereocenters. The number of benzene rings is 1. The van der Waals surface area contributed by atoms with Crippen LogP contribution in [-0.2, 0) is 0 Å². The minimum atomic E-state index is -0.102. The first-order valence-corrected chi connectivity index (χ1v) is 11.7. The van der Waals surface area contributed by atoms with Gasteiger partial charge in [-0.2, -0.15) is 0 Å². The number of hydrogen-bond donors (Lipinski definition) is 2. The Hall–Kier alpha value is -2.38. The summed E-state index contributed by atoms with van der Waals surface area (Å²) in [5, 5.41) is 12.3. The van der Waals surface area contributed by atoms with Crippen molar-refractivity contribution in [1.82, 2.24) is 15.3 Å². The third-order valence-corrected chi connectivity index (χ3v) is 6.08. The number of piperidine rings is 1. The lowest BCUT2D eigenvalue weighted by atomic mass is 9.92. The van der Waals surface area contributed by atoms with Crippen molar-refractivity contribution < 1.29 is 14.6 Å². The molecule has 174 valence electrons. The molecule has 1 amide bonds. The number of aliphatic hydroxyl groups excluding tert-OH is 1. The number of anilines is 1. The van der Waals surface area contributed by atoms with Gasteiger partial charge in [-0.25, -0.2) is 9.97 Å². The zero-order chi connectivity index (χ0) is 22.9. The van der Waals surface area contributed by atoms with E-state index in [4.69, 9.17) is 21.4 Å². The fraction of sp³-hybridized carbons (Fsp3) is 0.542. The van der Waals surface area contributed by atoms with Crippen molar-refractivity contribution >= 4 is 23.5 Å². The molecular weight excluding hydrogens is 428 g/mol. The van der Waals surface area contributed by atoms with Crippen LogP contribution in [0.2, 0.25) is 5.02 Å². The minimum Gasteiger partial charge on any atom is -0.494 e. The number of aliphatic hydroxyl groups is 1. The molecule has 2 aromatic rings. The summed E-state index contributed by atoms with van der Waals surface area (Å²) in [5.41, 5.74) is 2.49. The van der Waals surface area contributed by atoms with E-state index in [-0.39, 0.29) is 12.5 Å². The van der Waals surface area contributed by atoms with E-state index < -0.39 is 0 Å². The second-order valence-electron chi connectivity index (χ2n) is 8.39. The minimum absolute atomic E-state index is 0.0703. The highest BCUT2D eigenvalue weighted by molar-refractivity contribution is 6.30. The van der Waals surface area contributed by atoms with Crippen LogP contribution in [-0.4, -0.2) is 53.8 Å². The van der Waals surface area contributed by atoms with Gasteiger partial charge in [-0.1, -0.05) is 11.6 Å². The monoisotopic (exact) mass is 460 g/mol. The molecule has 1 aliphatic heterocycles. The Bertz CT molecular complexity index is 860. The largest absolute Gasteiger partial charge is 0.494 e. The topological polar surface area (TPSA) is 87.6 Å². The molecule has 1 aromatic carbocycles. The first-order chi connectivity index (χ1) is 15.5. The maximum Gasteiger partial charge on any atom is 0.251 e. The van der Waals surface area contributed by atoms with Gasteiger partial charge in [-0.3, -0.25) is 4.79 Å². The average Bonchev–Trinajstić information content (AvgIpc) is 2.77. The van der Waals surface area contributed by atoms with Crippen molar-refractivity contribution in [3.8, 4) is 5.75 Å². The van der Waals surface area contributed by atoms with Gasteiger partial charge in [0.1, 0.15) is 5.75 Å². The molecule has 0 bridgehead atoms. The highest BCUT2D eigenvalue weighted by Gasteiger charge is 2.21. The molecule has 2 heterocycles. The highest BCUT2D eigenvalue weighted by Crippen LogP contribution is 2.26. The van der Waals surface area contributed by atoms with Gasteiger partial charge in [0.05, 0.1) is 24.0 Å². The van der Waals surface area contributed by atoms with E-state index in [1.54, 1.807) is 12.4 Å². The van der Waals surface area contributed by atoms with E-state index in [9.17, 15) is 4.79 Å². The number of carbonyl (C=O) groups excluding carboxylic acids is 1. The van der Waals surface area contributed by atoms with Crippen LogP contribution in [0, 0.1) is 19.8 Å². The van der Waals surface area contributed by atoms with Crippen molar-refractivity contribution in [2.24, 2.45) is 5.92 Å². The number of nitrogens with zero attached hydrogens (tertiary/aromatic N) is 3. The Morgan fingerprint density at radius 2 is 1.84 bits per heavy atom. The zero-order valence-electron chi connectivity index (χ0n) is 18.9. The van der Waals surface area contributed by atoms with Crippen molar-refractivity contribution in [2.75, 3.05) is 37.7 Å². The maximum absolute atomic E-state index is 12.4. The van der Waals surface area contributed by atoms with E-state index in [2.05, 4.69) is 20.2 Å². The Morgan fingerprint density at radius 3 is 2.47 bits per heavy atom. The molecule has 1 aliphatic rings. The summed E-state index contributed by atoms with van der Waals surface area (Å²) in [6.07, 6.45) is 8.25. The smallest absolute Gasteiger partial charge is 0.251 e. The number of rotatable bonds is 10. The van der Waals surface area contributed by atoms with E-state index in [0.717, 1.165) is 61.6 Å². The number of hydrogen-bond acceptors (Lipinski definition) is 6. The molecule has 0 spiro atoms. The van der Waals surface area contributed by atoms with Crippen molar-refractivity contribution in [3.63, 3.8) is 0 Å². The quantitative estimate of drug-likeness (QED) is 0.522. The predicted molar refractivity (Wildman–Crippen MR) is 127 cm³/mol. The van der Waals surface area contributed by atoms with Crippen molar-refractivity contribution in [3.05, 3.63) is 46.2 Å². The molecule has 32 heavy (non-hydrogen) atoms. The summed E-state index contributed by atoms with van der Waals surface area (Å²) in [6.45, 7) is 7.00. The van der Waals surface area contributed by atoms with Gasteiger partial charge in [0, 0.05) is 31.8 Å². The van der Waals surface area contributed by atoms with Crippen LogP contribution in [0.5, 0.6) is 5.75 Å². The van der Waals surface area contributed by atoms with Crippen LogP contribution < -0.4 is 15.0 Å². The molecule has 1 saturated heterocycles. The first kappa shape index (κ1) is 24.3.